The first-order valence-corrected chi connectivity index (χ1v) is 16.6. The summed E-state index contributed by atoms with van der Waals surface area (Å²) in [5, 5.41) is 32.6. The lowest BCUT2D eigenvalue weighted by molar-refractivity contribution is -0.139. The molecule has 1 aliphatic carbocycles. The number of fused-ring (bicyclic) bond motifs is 1. The number of ether oxygens (including phenoxy) is 2. The topological polar surface area (TPSA) is 175 Å². The number of halogens is 2. The highest BCUT2D eigenvalue weighted by atomic mass is 35.5. The number of benzene rings is 2. The summed E-state index contributed by atoms with van der Waals surface area (Å²) in [4.78, 5) is 34.6. The van der Waals surface area contributed by atoms with Crippen molar-refractivity contribution in [2.24, 2.45) is 16.9 Å². The quantitative estimate of drug-likeness (QED) is 0.102. The third-order valence-electron chi connectivity index (χ3n) is 8.31. The van der Waals surface area contributed by atoms with Crippen molar-refractivity contribution in [1.82, 2.24) is 5.01 Å². The zero-order chi connectivity index (χ0) is 35.2. The minimum atomic E-state index is -1.26. The Bertz CT molecular complexity index is 1450. The normalized spacial score (nSPS) is 17.2. The number of hydrazone groups is 1. The number of carbonyl (C=O) groups excluding carboxylic acids is 1. The molecule has 12 nitrogen and oxygen atoms in total. The Morgan fingerprint density at radius 2 is 1.54 bits per heavy atom. The van der Waals surface area contributed by atoms with Gasteiger partial charge >= 0.3 is 11.9 Å². The number of amides is 1. The molecule has 1 amide bonds. The van der Waals surface area contributed by atoms with Crippen molar-refractivity contribution < 1.29 is 39.2 Å². The minimum absolute atomic E-state index is 0.0139. The molecule has 2 aromatic rings. The van der Waals surface area contributed by atoms with E-state index in [4.69, 9.17) is 53.7 Å². The smallest absolute Gasteiger partial charge is 0.328 e. The van der Waals surface area contributed by atoms with Crippen molar-refractivity contribution >= 4 is 58.1 Å². The van der Waals surface area contributed by atoms with Gasteiger partial charge in [0.2, 0.25) is 5.91 Å². The molecule has 0 aromatic heterocycles. The lowest BCUT2D eigenvalue weighted by Crippen LogP contribution is -2.46. The summed E-state index contributed by atoms with van der Waals surface area (Å²) in [6, 6.07) is 9.46. The van der Waals surface area contributed by atoms with Gasteiger partial charge in [-0.2, -0.15) is 5.10 Å². The summed E-state index contributed by atoms with van der Waals surface area (Å²) in [6.07, 6.45) is 8.94. The summed E-state index contributed by atoms with van der Waals surface area (Å²) in [6.45, 7) is 1.86. The van der Waals surface area contributed by atoms with Crippen LogP contribution in [-0.4, -0.2) is 84.3 Å². The van der Waals surface area contributed by atoms with E-state index in [2.05, 4.69) is 4.90 Å². The number of aliphatic hydroxyl groups excluding tert-OH is 1. The maximum absolute atomic E-state index is 13.4. The highest BCUT2D eigenvalue weighted by Gasteiger charge is 2.41. The summed E-state index contributed by atoms with van der Waals surface area (Å²) < 4.78 is 11.0. The van der Waals surface area contributed by atoms with Gasteiger partial charge in [-0.05, 0) is 56.0 Å². The molecule has 0 bridgehead atoms. The first-order chi connectivity index (χ1) is 23.0. The van der Waals surface area contributed by atoms with Crippen LogP contribution >= 0.6 is 23.2 Å². The number of nitrogens with two attached hydrogens (primary N) is 1. The Morgan fingerprint density at radius 3 is 2.12 bits per heavy atom. The van der Waals surface area contributed by atoms with Gasteiger partial charge in [0.25, 0.3) is 0 Å². The van der Waals surface area contributed by atoms with Crippen LogP contribution in [-0.2, 0) is 14.4 Å². The number of aliphatic hydroxyl groups is 1. The molecule has 0 radical (unpaired) electrons. The van der Waals surface area contributed by atoms with Gasteiger partial charge in [0.1, 0.15) is 0 Å². The fraction of sp³-hybridized carbons (Fsp3) is 0.471. The lowest BCUT2D eigenvalue weighted by atomic mass is 9.73. The van der Waals surface area contributed by atoms with Gasteiger partial charge in [-0.15, -0.1) is 0 Å². The molecule has 0 saturated heterocycles. The fourth-order valence-corrected chi connectivity index (χ4v) is 6.41. The zero-order valence-corrected chi connectivity index (χ0v) is 28.8. The third kappa shape index (κ3) is 10.8. The first kappa shape index (κ1) is 38.4. The van der Waals surface area contributed by atoms with Gasteiger partial charge in [0.05, 0.1) is 42.3 Å². The van der Waals surface area contributed by atoms with E-state index in [0.29, 0.717) is 52.5 Å². The van der Waals surface area contributed by atoms with Crippen LogP contribution in [0.3, 0.4) is 0 Å². The Balaban J connectivity index is 0.000000694. The number of carbonyl (C=O) groups is 3. The number of hydrogen-bond acceptors (Lipinski definition) is 9. The van der Waals surface area contributed by atoms with Crippen LogP contribution in [0, 0.1) is 11.8 Å². The van der Waals surface area contributed by atoms with Gasteiger partial charge in [0.15, 0.2) is 11.5 Å². The molecule has 5 N–H and O–H groups in total. The van der Waals surface area contributed by atoms with Crippen molar-refractivity contribution in [3.05, 3.63) is 58.1 Å². The van der Waals surface area contributed by atoms with Crippen molar-refractivity contribution in [3.8, 4) is 11.5 Å². The van der Waals surface area contributed by atoms with E-state index in [1.807, 2.05) is 18.2 Å². The number of anilines is 2. The number of hydrogen-bond donors (Lipinski definition) is 4. The number of carboxylic acid groups (broad SMARTS) is 2. The van der Waals surface area contributed by atoms with Gasteiger partial charge in [-0.25, -0.2) is 14.6 Å². The molecule has 1 fully saturated rings. The van der Waals surface area contributed by atoms with Crippen LogP contribution in [0.25, 0.3) is 0 Å². The maximum atomic E-state index is 13.4. The molecule has 48 heavy (non-hydrogen) atoms. The second-order valence-electron chi connectivity index (χ2n) is 11.5. The first-order valence-electron chi connectivity index (χ1n) is 15.9. The van der Waals surface area contributed by atoms with Gasteiger partial charge in [-0.1, -0.05) is 48.9 Å². The van der Waals surface area contributed by atoms with Crippen LogP contribution in [0.2, 0.25) is 10.0 Å². The van der Waals surface area contributed by atoms with Crippen LogP contribution in [0.5, 0.6) is 11.5 Å². The molecule has 1 aliphatic heterocycles. The fourth-order valence-electron chi connectivity index (χ4n) is 5.93. The van der Waals surface area contributed by atoms with E-state index in [1.54, 1.807) is 31.4 Å². The maximum Gasteiger partial charge on any atom is 0.328 e. The van der Waals surface area contributed by atoms with E-state index in [1.165, 1.54) is 0 Å². The second-order valence-corrected chi connectivity index (χ2v) is 12.3. The van der Waals surface area contributed by atoms with E-state index in [0.717, 1.165) is 74.9 Å². The van der Waals surface area contributed by atoms with Gasteiger partial charge < -0.3 is 35.4 Å². The van der Waals surface area contributed by atoms with Gasteiger partial charge in [0, 0.05) is 54.9 Å². The van der Waals surface area contributed by atoms with E-state index in [-0.39, 0.29) is 24.3 Å². The molecular formula is C34H44Cl2N4O8. The van der Waals surface area contributed by atoms with Crippen LogP contribution < -0.4 is 20.1 Å². The van der Waals surface area contributed by atoms with Crippen molar-refractivity contribution in [1.29, 1.82) is 0 Å². The standard InChI is InChI=1S/C30H40Cl2N4O4.C4H4O4/c1-39-26-12-11-20(17-27(26)40-2)29-22-9-5-6-10-23(22)30(38)36(34-29)14-8-4-3-7-13-35(15-16-37)21-18-24(31)28(33)25(32)19-21;5-3(6)1-2-4(7)8/h11-12,17-19,22-23,37H,3-10,13-16,33H2,1-2H3;1-2H,(H,5,6)(H,7,8)/b;2-1+. The third-order valence-corrected chi connectivity index (χ3v) is 8.94. The molecule has 2 atom stereocenters. The van der Waals surface area contributed by atoms with E-state index >= 15 is 0 Å². The average molecular weight is 708 g/mol. The highest BCUT2D eigenvalue weighted by molar-refractivity contribution is 6.39. The zero-order valence-electron chi connectivity index (χ0n) is 27.2. The largest absolute Gasteiger partial charge is 0.493 e. The number of carboxylic acids is 2. The van der Waals surface area contributed by atoms with E-state index in [9.17, 15) is 19.5 Å². The summed E-state index contributed by atoms with van der Waals surface area (Å²) in [5.74, 6) is -0.892. The Kier molecular flexibility index (Phi) is 15.3. The van der Waals surface area contributed by atoms with Crippen LogP contribution in [0.1, 0.15) is 56.9 Å². The molecule has 2 aromatic carbocycles. The molecule has 2 unspecified atom stereocenters. The van der Waals surface area contributed by atoms with Crippen molar-refractivity contribution in [3.63, 3.8) is 0 Å². The van der Waals surface area contributed by atoms with Crippen molar-refractivity contribution in [2.75, 3.05) is 51.1 Å². The lowest BCUT2D eigenvalue weighted by Gasteiger charge is -2.38. The molecule has 1 saturated carbocycles. The van der Waals surface area contributed by atoms with Crippen LogP contribution in [0.4, 0.5) is 11.4 Å². The number of methoxy groups -OCH3 is 2. The van der Waals surface area contributed by atoms with E-state index < -0.39 is 11.9 Å². The molecule has 1 heterocycles. The number of aliphatic carboxylic acids is 2. The molecule has 262 valence electrons. The number of unbranched alkanes of at least 4 members (excludes halogenated alkanes) is 3. The molecule has 4 rings (SSSR count). The number of nitrogen functional groups attached to an aromatic ring is 1. The predicted octanol–water partition coefficient (Wildman–Crippen LogP) is 5.72. The molecule has 0 spiro atoms. The monoisotopic (exact) mass is 706 g/mol. The molecule has 14 heteroatoms. The van der Waals surface area contributed by atoms with Crippen LogP contribution in [0.15, 0.2) is 47.6 Å². The summed E-state index contributed by atoms with van der Waals surface area (Å²) in [7, 11) is 3.26. The Hall–Kier alpha value is -4.00. The Morgan fingerprint density at radius 1 is 0.938 bits per heavy atom. The highest BCUT2D eigenvalue weighted by Crippen LogP contribution is 2.39. The molecule has 2 aliphatic rings. The summed E-state index contributed by atoms with van der Waals surface area (Å²) in [5.41, 5.74) is 9.04. The van der Waals surface area contributed by atoms with Crippen molar-refractivity contribution in [2.45, 2.75) is 51.4 Å². The molecular weight excluding hydrogens is 663 g/mol. The predicted molar refractivity (Wildman–Crippen MR) is 186 cm³/mol. The Labute approximate surface area is 290 Å². The summed E-state index contributed by atoms with van der Waals surface area (Å²) >= 11 is 12.4. The number of nitrogens with zero attached hydrogens (tertiary/aromatic N) is 3. The number of rotatable bonds is 15. The minimum Gasteiger partial charge on any atom is -0.493 e. The second kappa shape index (κ2) is 19.1. The SMILES string of the molecule is COc1ccc(C2=NN(CCCCCCN(CCO)c3cc(Cl)c(N)c(Cl)c3)C(=O)C3CCCCC23)cc1OC.O=C(O)/C=C/C(=O)O. The van der Waals surface area contributed by atoms with Gasteiger partial charge in [-0.3, -0.25) is 4.79 Å². The average Bonchev–Trinajstić information content (AvgIpc) is 3.08.